The van der Waals surface area contributed by atoms with E-state index in [9.17, 15) is 5.11 Å². The Morgan fingerprint density at radius 3 is 2.26 bits per heavy atom. The minimum atomic E-state index is -1.55. The third-order valence-corrected chi connectivity index (χ3v) is 2.25. The van der Waals surface area contributed by atoms with Crippen LogP contribution in [0.15, 0.2) is 0 Å². The molecule has 116 valence electrons. The van der Waals surface area contributed by atoms with E-state index in [1.54, 1.807) is 0 Å². The fourth-order valence-electron chi connectivity index (χ4n) is 1.22. The summed E-state index contributed by atoms with van der Waals surface area (Å²) in [4.78, 5) is 0. The Hall–Kier alpha value is -0.280. The van der Waals surface area contributed by atoms with Gasteiger partial charge in [0, 0.05) is 6.61 Å². The number of hydrogen-bond donors (Lipinski definition) is 4. The van der Waals surface area contributed by atoms with Crippen molar-refractivity contribution >= 4 is 0 Å². The molecule has 0 aromatic carbocycles. The van der Waals surface area contributed by atoms with Crippen LogP contribution in [0.3, 0.4) is 0 Å². The van der Waals surface area contributed by atoms with Crippen LogP contribution in [-0.2, 0) is 14.2 Å². The molecule has 0 fully saturated rings. The van der Waals surface area contributed by atoms with Crippen molar-refractivity contribution < 1.29 is 34.6 Å². The van der Waals surface area contributed by atoms with Gasteiger partial charge in [0.25, 0.3) is 0 Å². The molecule has 0 bridgehead atoms. The molecule has 19 heavy (non-hydrogen) atoms. The van der Waals surface area contributed by atoms with Gasteiger partial charge >= 0.3 is 0 Å². The van der Waals surface area contributed by atoms with E-state index in [0.717, 1.165) is 12.8 Å². The zero-order valence-corrected chi connectivity index (χ0v) is 11.4. The van der Waals surface area contributed by atoms with E-state index in [2.05, 4.69) is 6.92 Å². The quantitative estimate of drug-likeness (QED) is 0.250. The molecular weight excluding hydrogens is 256 g/mol. The third kappa shape index (κ3) is 12.5. The fourth-order valence-corrected chi connectivity index (χ4v) is 1.22. The van der Waals surface area contributed by atoms with Crippen LogP contribution in [0.1, 0.15) is 19.8 Å². The number of aliphatic hydroxyl groups is 4. The van der Waals surface area contributed by atoms with Gasteiger partial charge in [-0.1, -0.05) is 13.3 Å². The first-order valence-electron chi connectivity index (χ1n) is 6.52. The molecule has 0 saturated heterocycles. The Morgan fingerprint density at radius 1 is 0.947 bits per heavy atom. The molecule has 7 heteroatoms. The van der Waals surface area contributed by atoms with Gasteiger partial charge in [-0.05, 0) is 6.42 Å². The Kier molecular flexibility index (Phi) is 12.6. The molecule has 2 unspecified atom stereocenters. The van der Waals surface area contributed by atoms with Gasteiger partial charge in [-0.15, -0.1) is 0 Å². The first kappa shape index (κ1) is 18.7. The molecule has 7 nitrogen and oxygen atoms in total. The minimum absolute atomic E-state index is 0.0100. The Labute approximate surface area is 113 Å². The Bertz CT molecular complexity index is 189. The maximum atomic E-state index is 9.48. The smallest absolute Gasteiger partial charge is 0.175 e. The van der Waals surface area contributed by atoms with Crippen LogP contribution < -0.4 is 0 Å². The average Bonchev–Trinajstić information content (AvgIpc) is 2.37. The highest BCUT2D eigenvalue weighted by atomic mass is 16.6. The molecule has 0 aliphatic carbocycles. The lowest BCUT2D eigenvalue weighted by Crippen LogP contribution is -2.31. The van der Waals surface area contributed by atoms with E-state index in [1.165, 1.54) is 0 Å². The minimum Gasteiger partial charge on any atom is -0.394 e. The summed E-state index contributed by atoms with van der Waals surface area (Å²) in [7, 11) is 0. The second kappa shape index (κ2) is 12.7. The van der Waals surface area contributed by atoms with Crippen molar-refractivity contribution in [3.05, 3.63) is 0 Å². The highest BCUT2D eigenvalue weighted by molar-refractivity contribution is 4.58. The third-order valence-electron chi connectivity index (χ3n) is 2.25. The van der Waals surface area contributed by atoms with Gasteiger partial charge in [0.1, 0.15) is 12.2 Å². The van der Waals surface area contributed by atoms with Crippen LogP contribution in [-0.4, -0.2) is 78.6 Å². The molecule has 0 heterocycles. The van der Waals surface area contributed by atoms with Crippen molar-refractivity contribution in [1.29, 1.82) is 0 Å². The Balaban J connectivity index is 3.57. The summed E-state index contributed by atoms with van der Waals surface area (Å²) in [6, 6.07) is 0. The molecule has 0 saturated carbocycles. The summed E-state index contributed by atoms with van der Waals surface area (Å²) in [5.74, 6) is 0. The van der Waals surface area contributed by atoms with E-state index in [4.69, 9.17) is 29.5 Å². The highest BCUT2D eigenvalue weighted by Crippen LogP contribution is 1.98. The summed E-state index contributed by atoms with van der Waals surface area (Å²) >= 11 is 0. The molecule has 0 aliphatic rings. The lowest BCUT2D eigenvalue weighted by Gasteiger charge is -2.18. The molecule has 0 spiro atoms. The standard InChI is InChI=1S/C12H26O7/c1-2-3-4-17-8-11(5-13)19-7-10(14)6-18-9-12(15)16/h10-16H,2-9H2,1H3. The highest BCUT2D eigenvalue weighted by Gasteiger charge is 2.12. The van der Waals surface area contributed by atoms with Crippen molar-refractivity contribution in [1.82, 2.24) is 0 Å². The number of hydrogen-bond acceptors (Lipinski definition) is 7. The molecule has 0 aromatic rings. The van der Waals surface area contributed by atoms with Gasteiger partial charge in [0.05, 0.1) is 33.0 Å². The van der Waals surface area contributed by atoms with E-state index in [0.29, 0.717) is 6.61 Å². The summed E-state index contributed by atoms with van der Waals surface area (Å²) in [6.45, 7) is 2.44. The normalized spacial score (nSPS) is 14.8. The van der Waals surface area contributed by atoms with Crippen LogP contribution >= 0.6 is 0 Å². The largest absolute Gasteiger partial charge is 0.394 e. The number of ether oxygens (including phenoxy) is 3. The first-order chi connectivity index (χ1) is 9.10. The summed E-state index contributed by atoms with van der Waals surface area (Å²) in [5, 5.41) is 35.6. The summed E-state index contributed by atoms with van der Waals surface area (Å²) < 4.78 is 15.4. The van der Waals surface area contributed by atoms with Crippen molar-refractivity contribution in [3.63, 3.8) is 0 Å². The van der Waals surface area contributed by atoms with Crippen LogP contribution in [0.4, 0.5) is 0 Å². The van der Waals surface area contributed by atoms with Crippen LogP contribution in [0, 0.1) is 0 Å². The van der Waals surface area contributed by atoms with E-state index >= 15 is 0 Å². The van der Waals surface area contributed by atoms with Gasteiger partial charge in [0.15, 0.2) is 6.29 Å². The molecule has 0 aromatic heterocycles. The van der Waals surface area contributed by atoms with Gasteiger partial charge < -0.3 is 34.6 Å². The van der Waals surface area contributed by atoms with E-state index in [1.807, 2.05) is 0 Å². The van der Waals surface area contributed by atoms with Crippen molar-refractivity contribution in [2.24, 2.45) is 0 Å². The van der Waals surface area contributed by atoms with Crippen molar-refractivity contribution in [2.75, 3.05) is 39.6 Å². The zero-order valence-electron chi connectivity index (χ0n) is 11.4. The second-order valence-electron chi connectivity index (χ2n) is 4.24. The first-order valence-corrected chi connectivity index (χ1v) is 6.52. The average molecular weight is 282 g/mol. The SMILES string of the molecule is CCCCOCC(CO)OCC(O)COCC(O)O. The maximum Gasteiger partial charge on any atom is 0.175 e. The number of rotatable bonds is 13. The van der Waals surface area contributed by atoms with Crippen molar-refractivity contribution in [3.8, 4) is 0 Å². The molecule has 2 atom stereocenters. The lowest BCUT2D eigenvalue weighted by atomic mass is 10.3. The molecular formula is C12H26O7. The van der Waals surface area contributed by atoms with Crippen LogP contribution in [0.5, 0.6) is 0 Å². The van der Waals surface area contributed by atoms with Gasteiger partial charge in [0.2, 0.25) is 0 Å². The maximum absolute atomic E-state index is 9.48. The monoisotopic (exact) mass is 282 g/mol. The van der Waals surface area contributed by atoms with E-state index < -0.39 is 18.5 Å². The topological polar surface area (TPSA) is 109 Å². The summed E-state index contributed by atoms with van der Waals surface area (Å²) in [6.07, 6.45) is -0.918. The molecule has 0 amide bonds. The summed E-state index contributed by atoms with van der Waals surface area (Å²) in [5.41, 5.74) is 0. The molecule has 0 rings (SSSR count). The Morgan fingerprint density at radius 2 is 1.68 bits per heavy atom. The van der Waals surface area contributed by atoms with Gasteiger partial charge in [-0.2, -0.15) is 0 Å². The predicted octanol–water partition coefficient (Wildman–Crippen LogP) is -1.13. The number of unbranched alkanes of at least 4 members (excludes halogenated alkanes) is 1. The molecule has 4 N–H and O–H groups in total. The van der Waals surface area contributed by atoms with E-state index in [-0.39, 0.29) is 33.0 Å². The van der Waals surface area contributed by atoms with Gasteiger partial charge in [-0.25, -0.2) is 0 Å². The fraction of sp³-hybridized carbons (Fsp3) is 1.00. The molecule has 0 aliphatic heterocycles. The lowest BCUT2D eigenvalue weighted by molar-refractivity contribution is -0.119. The zero-order chi connectivity index (χ0) is 14.5. The molecule has 0 radical (unpaired) electrons. The van der Waals surface area contributed by atoms with Gasteiger partial charge in [-0.3, -0.25) is 0 Å². The predicted molar refractivity (Wildman–Crippen MR) is 67.6 cm³/mol. The van der Waals surface area contributed by atoms with Crippen LogP contribution in [0.25, 0.3) is 0 Å². The number of aliphatic hydroxyl groups excluding tert-OH is 3. The second-order valence-corrected chi connectivity index (χ2v) is 4.24. The van der Waals surface area contributed by atoms with Crippen molar-refractivity contribution in [2.45, 2.75) is 38.3 Å². The van der Waals surface area contributed by atoms with Crippen LogP contribution in [0.2, 0.25) is 0 Å².